The van der Waals surface area contributed by atoms with Crippen LogP contribution in [0.2, 0.25) is 0 Å². The van der Waals surface area contributed by atoms with Gasteiger partial charge in [0.2, 0.25) is 21.8 Å². The fraction of sp³-hybridized carbons (Fsp3) is 0.130. The second-order valence-corrected chi connectivity index (χ2v) is 41.5. The number of hydrogen-bond donors (Lipinski definition) is 6. The molecule has 1 aromatic heterocycles. The SMILES string of the molecule is Cc1cc(S(=O)(=O)N2CCCC2)ccc1-c1ccc(C[C@H](NC(=O)[C@H]2CC[C@H](CNC(=O)O)CC2)C(=O)Nc2ccc3c(=O)[nH][nH]c3c2)cc1.[Pd].c1ccc(P(c2ccccc2)c2ccccc2)cc1.c1ccc(P(c2ccccc2)c2ccccc2)cc1.c1ccc(P(c2ccccc2)c2ccccc2)cc1.c1ccc(P(c2ccccc2)c2ccccc2)cc1. The minimum atomic E-state index is -3.53. The maximum atomic E-state index is 13.7. The molecule has 127 heavy (non-hydrogen) atoms. The van der Waals surface area contributed by atoms with Crippen LogP contribution in [0.4, 0.5) is 10.5 Å². The normalized spacial score (nSPS) is 13.7. The van der Waals surface area contributed by atoms with Gasteiger partial charge < -0.3 is 21.1 Å². The van der Waals surface area contributed by atoms with Crippen molar-refractivity contribution in [1.82, 2.24) is 25.1 Å². The number of sulfonamides is 1. The molecule has 1 aliphatic heterocycles. The van der Waals surface area contributed by atoms with E-state index in [1.807, 2.05) is 37.3 Å². The van der Waals surface area contributed by atoms with Crippen LogP contribution in [-0.2, 0) is 46.5 Å². The number of anilines is 1. The van der Waals surface area contributed by atoms with E-state index in [9.17, 15) is 27.6 Å². The van der Waals surface area contributed by atoms with Gasteiger partial charge in [0.25, 0.3) is 5.56 Å². The van der Waals surface area contributed by atoms with Crippen molar-refractivity contribution in [1.29, 1.82) is 0 Å². The fourth-order valence-corrected chi connectivity index (χ4v) is 26.5. The Kier molecular flexibility index (Phi) is 34.7. The number of aromatic nitrogens is 2. The van der Waals surface area contributed by atoms with E-state index in [0.29, 0.717) is 61.9 Å². The maximum absolute atomic E-state index is 13.7. The third-order valence-corrected chi connectivity index (χ3v) is 33.7. The number of aromatic amines is 2. The van der Waals surface area contributed by atoms with Crippen LogP contribution < -0.4 is 85.2 Å². The monoisotopic (exact) mass is 1860 g/mol. The van der Waals surface area contributed by atoms with Crippen LogP contribution in [0.15, 0.2) is 434 Å². The van der Waals surface area contributed by atoms with E-state index in [2.05, 4.69) is 390 Å². The number of carbonyl (C=O) groups is 3. The minimum Gasteiger partial charge on any atom is -0.465 e. The number of nitrogens with one attached hydrogen (secondary N) is 5. The van der Waals surface area contributed by atoms with Gasteiger partial charge in [-0.3, -0.25) is 24.6 Å². The van der Waals surface area contributed by atoms with Crippen molar-refractivity contribution in [3.8, 4) is 11.1 Å². The summed E-state index contributed by atoms with van der Waals surface area (Å²) in [7, 11) is -5.31. The van der Waals surface area contributed by atoms with Crippen LogP contribution in [0.5, 0.6) is 0 Å². The number of fused-ring (bicyclic) bond motifs is 1. The number of carboxylic acid groups (broad SMARTS) is 1. The van der Waals surface area contributed by atoms with Crippen molar-refractivity contribution in [3.63, 3.8) is 0 Å². The number of aryl methyl sites for hydroxylation is 1. The van der Waals surface area contributed by atoms with E-state index in [0.717, 1.165) is 35.1 Å². The molecule has 1 saturated heterocycles. The van der Waals surface area contributed by atoms with E-state index in [1.165, 1.54) is 68.0 Å². The Labute approximate surface area is 764 Å². The molecular formula is C108H102N6O7P4PdS. The van der Waals surface area contributed by atoms with Crippen LogP contribution in [0.1, 0.15) is 49.7 Å². The molecule has 13 nitrogen and oxygen atoms in total. The molecule has 642 valence electrons. The van der Waals surface area contributed by atoms with Gasteiger partial charge in [0, 0.05) is 58.1 Å². The van der Waals surface area contributed by atoms with Crippen molar-refractivity contribution >= 4 is 140 Å². The smallest absolute Gasteiger partial charge is 0.404 e. The summed E-state index contributed by atoms with van der Waals surface area (Å²) in [5.74, 6) is -0.770. The molecule has 6 N–H and O–H groups in total. The fourth-order valence-electron chi connectivity index (χ4n) is 15.7. The van der Waals surface area contributed by atoms with Gasteiger partial charge in [-0.1, -0.05) is 394 Å². The molecule has 2 fully saturated rings. The zero-order valence-corrected chi connectivity index (χ0v) is 76.5. The van der Waals surface area contributed by atoms with E-state index >= 15 is 0 Å². The number of benzene rings is 15. The number of hydrogen-bond acceptors (Lipinski definition) is 6. The number of carbonyl (C=O) groups excluding carboxylic acids is 2. The average molecular weight is 1860 g/mol. The van der Waals surface area contributed by atoms with E-state index in [1.54, 1.807) is 30.3 Å². The third kappa shape index (κ3) is 25.9. The number of rotatable bonds is 23. The maximum Gasteiger partial charge on any atom is 0.404 e. The second-order valence-electron chi connectivity index (χ2n) is 30.7. The van der Waals surface area contributed by atoms with Gasteiger partial charge in [0.1, 0.15) is 6.04 Å². The van der Waals surface area contributed by atoms with E-state index in [-0.39, 0.29) is 55.0 Å². The topological polar surface area (TPSA) is 194 Å². The number of H-pyrrole nitrogens is 2. The molecule has 0 spiro atoms. The molecule has 0 unspecified atom stereocenters. The molecule has 15 aromatic carbocycles. The van der Waals surface area contributed by atoms with Crippen molar-refractivity contribution < 1.29 is 48.3 Å². The molecule has 1 aliphatic carbocycles. The molecule has 18 rings (SSSR count). The first-order chi connectivity index (χ1) is 61.8. The molecule has 1 atom stereocenters. The van der Waals surface area contributed by atoms with Crippen LogP contribution in [0.3, 0.4) is 0 Å². The Hall–Kier alpha value is -11.9. The van der Waals surface area contributed by atoms with Crippen molar-refractivity contribution in [2.75, 3.05) is 25.0 Å². The van der Waals surface area contributed by atoms with Gasteiger partial charge in [0.05, 0.1) is 15.8 Å². The van der Waals surface area contributed by atoms with Crippen molar-refractivity contribution in [3.05, 3.63) is 446 Å². The first-order valence-electron chi connectivity index (χ1n) is 42.6. The zero-order chi connectivity index (χ0) is 87.1. The van der Waals surface area contributed by atoms with Gasteiger partial charge in [-0.15, -0.1) is 0 Å². The Morgan fingerprint density at radius 2 is 0.732 bits per heavy atom. The first-order valence-corrected chi connectivity index (χ1v) is 49.4. The molecular weight excluding hydrogens is 1760 g/mol. The predicted molar refractivity (Wildman–Crippen MR) is 530 cm³/mol. The molecule has 19 heteroatoms. The summed E-state index contributed by atoms with van der Waals surface area (Å²) in [6.45, 7) is 3.32. The van der Waals surface area contributed by atoms with E-state index < -0.39 is 59.8 Å². The third-order valence-electron chi connectivity index (χ3n) is 22.0. The van der Waals surface area contributed by atoms with Gasteiger partial charge >= 0.3 is 6.09 Å². The Morgan fingerprint density at radius 3 is 1.04 bits per heavy atom. The van der Waals surface area contributed by atoms with Gasteiger partial charge in [-0.05, 0) is 199 Å². The second kappa shape index (κ2) is 47.6. The largest absolute Gasteiger partial charge is 0.465 e. The minimum absolute atomic E-state index is 0. The summed E-state index contributed by atoms with van der Waals surface area (Å²) < 4.78 is 27.7. The van der Waals surface area contributed by atoms with Crippen LogP contribution in [0.25, 0.3) is 22.0 Å². The Morgan fingerprint density at radius 1 is 0.409 bits per heavy atom. The first kappa shape index (κ1) is 92.7. The van der Waals surface area contributed by atoms with E-state index in [4.69, 9.17) is 5.11 Å². The number of nitrogens with zero attached hydrogens (tertiary/aromatic N) is 1. The molecule has 2 aliphatic rings. The number of amides is 3. The van der Waals surface area contributed by atoms with Gasteiger partial charge in [-0.25, -0.2) is 13.2 Å². The van der Waals surface area contributed by atoms with Crippen molar-refractivity contribution in [2.45, 2.75) is 62.8 Å². The van der Waals surface area contributed by atoms with Gasteiger partial charge in [0.15, 0.2) is 0 Å². The Balaban J connectivity index is 0.000000148. The Bertz CT molecular complexity index is 5380. The summed E-state index contributed by atoms with van der Waals surface area (Å²) in [5.41, 5.74) is 4.17. The standard InChI is InChI=1S/C36H42N6O7S.4C18H15P.Pd/c1-22-18-28(50(48,49)42-16-2-3-17-42)13-15-29(22)25-8-4-23(5-9-25)19-32(35(45)38-27-12-14-30-31(20-27)40-41-34(30)44)39-33(43)26-10-6-24(7-11-26)21-37-36(46)47;4*1-4-10-16(11-5-1)19(17-12-6-2-7-13-17)18-14-8-3-9-15-18;/h4-5,8-9,12-15,18,20,24,26,32,37H,2-3,6-7,10-11,16-17,19,21H2,1H3,(H,38,45)(H,39,43)(H,46,47)(H2,40,41,44);4*1-15H;/t24-,26-,32-;;;;;/m0...../s1. The van der Waals surface area contributed by atoms with Crippen LogP contribution in [0, 0.1) is 18.8 Å². The summed E-state index contributed by atoms with van der Waals surface area (Å²) >= 11 is 0. The molecule has 3 amide bonds. The summed E-state index contributed by atoms with van der Waals surface area (Å²) in [4.78, 5) is 50.3. The molecule has 0 radical (unpaired) electrons. The van der Waals surface area contributed by atoms with Crippen molar-refractivity contribution in [2.24, 2.45) is 11.8 Å². The molecule has 16 aromatic rings. The quantitative estimate of drug-likeness (QED) is 0.0271. The molecule has 2 heterocycles. The summed E-state index contributed by atoms with van der Waals surface area (Å²) in [6, 6.07) is 146. The van der Waals surface area contributed by atoms with Gasteiger partial charge in [-0.2, -0.15) is 4.31 Å². The summed E-state index contributed by atoms with van der Waals surface area (Å²) in [6.07, 6.45) is 3.48. The molecule has 1 saturated carbocycles. The predicted octanol–water partition coefficient (Wildman–Crippen LogP) is 18.1. The average Bonchev–Trinajstić information content (AvgIpc) is 1.78. The van der Waals surface area contributed by atoms with Crippen LogP contribution >= 0.6 is 31.7 Å². The zero-order valence-electron chi connectivity index (χ0n) is 70.6. The summed E-state index contributed by atoms with van der Waals surface area (Å²) in [5, 5.41) is 39.7. The van der Waals surface area contributed by atoms with Crippen LogP contribution in [-0.4, -0.2) is 71.6 Å². The molecule has 0 bridgehead atoms.